The van der Waals surface area contributed by atoms with Gasteiger partial charge in [0.25, 0.3) is 0 Å². The minimum atomic E-state index is 0.729. The largest absolute Gasteiger partial charge is 0.464 e. The highest BCUT2D eigenvalue weighted by molar-refractivity contribution is 7.09. The summed E-state index contributed by atoms with van der Waals surface area (Å²) in [5.74, 6) is 2.03. The molecule has 0 aliphatic heterocycles. The van der Waals surface area contributed by atoms with Crippen molar-refractivity contribution < 1.29 is 4.42 Å². The first-order valence-corrected chi connectivity index (χ1v) is 6.47. The highest BCUT2D eigenvalue weighted by Gasteiger charge is 2.20. The molecule has 0 atom stereocenters. The normalized spacial score (nSPS) is 15.5. The first-order valence-electron chi connectivity index (χ1n) is 5.59. The number of hydrogen-bond donors (Lipinski definition) is 1. The van der Waals surface area contributed by atoms with Gasteiger partial charge in [-0.15, -0.1) is 11.3 Å². The molecule has 84 valence electrons. The van der Waals surface area contributed by atoms with Gasteiger partial charge in [0.15, 0.2) is 0 Å². The lowest BCUT2D eigenvalue weighted by molar-refractivity contribution is 0.452. The van der Waals surface area contributed by atoms with Crippen LogP contribution in [0.25, 0.3) is 0 Å². The molecule has 0 bridgehead atoms. The summed E-state index contributed by atoms with van der Waals surface area (Å²) < 4.78 is 5.74. The Morgan fingerprint density at radius 3 is 3.00 bits per heavy atom. The Bertz CT molecular complexity index is 445. The van der Waals surface area contributed by atoms with Crippen molar-refractivity contribution in [3.8, 4) is 0 Å². The maximum atomic E-state index is 5.74. The van der Waals surface area contributed by atoms with Crippen molar-refractivity contribution >= 4 is 11.3 Å². The van der Waals surface area contributed by atoms with E-state index in [1.54, 1.807) is 11.3 Å². The van der Waals surface area contributed by atoms with Gasteiger partial charge >= 0.3 is 0 Å². The molecule has 3 rings (SSSR count). The van der Waals surface area contributed by atoms with Crippen LogP contribution in [0.5, 0.6) is 0 Å². The van der Waals surface area contributed by atoms with Crippen molar-refractivity contribution in [1.82, 2.24) is 10.3 Å². The van der Waals surface area contributed by atoms with Crippen LogP contribution in [0.15, 0.2) is 28.1 Å². The maximum absolute atomic E-state index is 5.74. The Hall–Kier alpha value is -1.13. The molecular formula is C12H14N2OS. The molecular weight excluding hydrogens is 220 g/mol. The van der Waals surface area contributed by atoms with E-state index in [1.165, 1.54) is 12.8 Å². The molecule has 1 saturated carbocycles. The van der Waals surface area contributed by atoms with Gasteiger partial charge in [-0.2, -0.15) is 0 Å². The van der Waals surface area contributed by atoms with E-state index in [9.17, 15) is 0 Å². The number of nitrogens with one attached hydrogen (secondary N) is 1. The first kappa shape index (κ1) is 10.1. The van der Waals surface area contributed by atoms with Gasteiger partial charge in [-0.1, -0.05) is 0 Å². The molecule has 1 N–H and O–H groups in total. The third-order valence-corrected chi connectivity index (χ3v) is 3.45. The first-order chi connectivity index (χ1) is 7.90. The molecule has 0 unspecified atom stereocenters. The molecule has 4 heteroatoms. The molecule has 1 aliphatic rings. The molecule has 0 saturated heterocycles. The number of rotatable bonds is 5. The zero-order valence-electron chi connectivity index (χ0n) is 8.98. The predicted octanol–water partition coefficient (Wildman–Crippen LogP) is 2.58. The fraction of sp³-hybridized carbons (Fsp3) is 0.417. The average Bonchev–Trinajstić information content (AvgIpc) is 2.78. The number of nitrogens with zero attached hydrogens (tertiary/aromatic N) is 1. The van der Waals surface area contributed by atoms with Gasteiger partial charge in [-0.05, 0) is 25.0 Å². The van der Waals surface area contributed by atoms with Gasteiger partial charge < -0.3 is 9.73 Å². The SMILES string of the molecule is c1csc(Cc2ccc(CNC3CC3)o2)n1. The minimum Gasteiger partial charge on any atom is -0.464 e. The number of hydrogen-bond acceptors (Lipinski definition) is 4. The fourth-order valence-corrected chi connectivity index (χ4v) is 2.26. The standard InChI is InChI=1S/C12H14N2OS/c1-2-9(1)14-8-11-4-3-10(15-11)7-12-13-5-6-16-12/h3-6,9,14H,1-2,7-8H2. The second kappa shape index (κ2) is 4.39. The van der Waals surface area contributed by atoms with Crippen molar-refractivity contribution in [2.45, 2.75) is 31.8 Å². The Balaban J connectivity index is 1.58. The number of furan rings is 1. The Kier molecular flexibility index (Phi) is 2.76. The van der Waals surface area contributed by atoms with Crippen molar-refractivity contribution in [2.24, 2.45) is 0 Å². The van der Waals surface area contributed by atoms with Gasteiger partial charge in [-0.25, -0.2) is 4.98 Å². The monoisotopic (exact) mass is 234 g/mol. The summed E-state index contributed by atoms with van der Waals surface area (Å²) in [4.78, 5) is 4.25. The number of aromatic nitrogens is 1. The minimum absolute atomic E-state index is 0.729. The molecule has 2 heterocycles. The molecule has 16 heavy (non-hydrogen) atoms. The quantitative estimate of drug-likeness (QED) is 0.864. The van der Waals surface area contributed by atoms with Crippen LogP contribution in [0.2, 0.25) is 0 Å². The highest BCUT2D eigenvalue weighted by atomic mass is 32.1. The summed E-state index contributed by atoms with van der Waals surface area (Å²) in [5.41, 5.74) is 0. The van der Waals surface area contributed by atoms with Crippen LogP contribution in [-0.4, -0.2) is 11.0 Å². The predicted molar refractivity (Wildman–Crippen MR) is 63.5 cm³/mol. The maximum Gasteiger partial charge on any atom is 0.117 e. The zero-order valence-corrected chi connectivity index (χ0v) is 9.80. The number of thiazole rings is 1. The fourth-order valence-electron chi connectivity index (χ4n) is 1.63. The van der Waals surface area contributed by atoms with Gasteiger partial charge in [0, 0.05) is 17.6 Å². The topological polar surface area (TPSA) is 38.1 Å². The highest BCUT2D eigenvalue weighted by Crippen LogP contribution is 2.20. The second-order valence-corrected chi connectivity index (χ2v) is 5.10. The van der Waals surface area contributed by atoms with Crippen molar-refractivity contribution in [3.63, 3.8) is 0 Å². The molecule has 3 nitrogen and oxygen atoms in total. The molecule has 1 fully saturated rings. The van der Waals surface area contributed by atoms with E-state index in [1.807, 2.05) is 17.6 Å². The van der Waals surface area contributed by atoms with Gasteiger partial charge in [0.2, 0.25) is 0 Å². The van der Waals surface area contributed by atoms with Gasteiger partial charge in [0.05, 0.1) is 18.0 Å². The second-order valence-electron chi connectivity index (χ2n) is 4.13. The molecule has 2 aromatic heterocycles. The van der Waals surface area contributed by atoms with E-state index in [2.05, 4.69) is 16.4 Å². The Morgan fingerprint density at radius 2 is 2.25 bits per heavy atom. The molecule has 1 aliphatic carbocycles. The van der Waals surface area contributed by atoms with E-state index >= 15 is 0 Å². The van der Waals surface area contributed by atoms with Crippen LogP contribution in [0.3, 0.4) is 0 Å². The zero-order chi connectivity index (χ0) is 10.8. The lowest BCUT2D eigenvalue weighted by Gasteiger charge is -1.98. The van der Waals surface area contributed by atoms with Crippen LogP contribution in [-0.2, 0) is 13.0 Å². The van der Waals surface area contributed by atoms with Crippen molar-refractivity contribution in [2.75, 3.05) is 0 Å². The third kappa shape index (κ3) is 2.51. The van der Waals surface area contributed by atoms with Crippen LogP contribution in [0.1, 0.15) is 29.4 Å². The summed E-state index contributed by atoms with van der Waals surface area (Å²) in [6.45, 7) is 0.850. The summed E-state index contributed by atoms with van der Waals surface area (Å²) in [5, 5.41) is 6.54. The average molecular weight is 234 g/mol. The van der Waals surface area contributed by atoms with Gasteiger partial charge in [-0.3, -0.25) is 0 Å². The van der Waals surface area contributed by atoms with Crippen LogP contribution in [0.4, 0.5) is 0 Å². The molecule has 2 aromatic rings. The Morgan fingerprint density at radius 1 is 1.38 bits per heavy atom. The summed E-state index contributed by atoms with van der Waals surface area (Å²) >= 11 is 1.67. The summed E-state index contributed by atoms with van der Waals surface area (Å²) in [6, 6.07) is 4.83. The van der Waals surface area contributed by atoms with Crippen LogP contribution < -0.4 is 5.32 Å². The van der Waals surface area contributed by atoms with E-state index in [0.29, 0.717) is 0 Å². The third-order valence-electron chi connectivity index (χ3n) is 2.67. The van der Waals surface area contributed by atoms with Crippen molar-refractivity contribution in [1.29, 1.82) is 0 Å². The molecule has 0 radical (unpaired) electrons. The van der Waals surface area contributed by atoms with E-state index in [4.69, 9.17) is 4.42 Å². The summed E-state index contributed by atoms with van der Waals surface area (Å²) in [6.07, 6.45) is 5.26. The Labute approximate surface area is 98.5 Å². The lowest BCUT2D eigenvalue weighted by atomic mass is 10.3. The van der Waals surface area contributed by atoms with E-state index < -0.39 is 0 Å². The smallest absolute Gasteiger partial charge is 0.117 e. The van der Waals surface area contributed by atoms with Gasteiger partial charge in [0.1, 0.15) is 11.5 Å². The molecule has 0 amide bonds. The molecule has 0 aromatic carbocycles. The summed E-state index contributed by atoms with van der Waals surface area (Å²) in [7, 11) is 0. The van der Waals surface area contributed by atoms with E-state index in [-0.39, 0.29) is 0 Å². The van der Waals surface area contributed by atoms with Crippen LogP contribution >= 0.6 is 11.3 Å². The lowest BCUT2D eigenvalue weighted by Crippen LogP contribution is -2.14. The molecule has 0 spiro atoms. The van der Waals surface area contributed by atoms with Crippen molar-refractivity contribution in [3.05, 3.63) is 40.2 Å². The van der Waals surface area contributed by atoms with E-state index in [0.717, 1.165) is 35.5 Å². The van der Waals surface area contributed by atoms with Crippen LogP contribution in [0, 0.1) is 0 Å².